The van der Waals surface area contributed by atoms with Crippen LogP contribution in [0, 0.1) is 0 Å². The zero-order valence-corrected chi connectivity index (χ0v) is 9.47. The standard InChI is InChI=1S/C11H25N3/c1-2-3-4-5-6-8-14-9-7-11(10-14)13-12/h11,13H,2-10,12H2,1H3/t11-/m0/s1. The highest BCUT2D eigenvalue weighted by Gasteiger charge is 2.19. The lowest BCUT2D eigenvalue weighted by Gasteiger charge is -2.15. The van der Waals surface area contributed by atoms with E-state index in [1.165, 1.54) is 51.6 Å². The van der Waals surface area contributed by atoms with Crippen LogP contribution < -0.4 is 11.3 Å². The van der Waals surface area contributed by atoms with Crippen molar-refractivity contribution in [1.29, 1.82) is 0 Å². The van der Waals surface area contributed by atoms with Crippen molar-refractivity contribution in [3.05, 3.63) is 0 Å². The van der Waals surface area contributed by atoms with Gasteiger partial charge in [-0.1, -0.05) is 32.6 Å². The number of unbranched alkanes of at least 4 members (excludes halogenated alkanes) is 4. The molecule has 1 heterocycles. The lowest BCUT2D eigenvalue weighted by atomic mass is 10.1. The minimum atomic E-state index is 0.533. The first-order valence-electron chi connectivity index (χ1n) is 6.05. The number of hydrazine groups is 1. The van der Waals surface area contributed by atoms with E-state index in [2.05, 4.69) is 17.2 Å². The molecule has 3 heteroatoms. The largest absolute Gasteiger partial charge is 0.302 e. The molecule has 0 aromatic heterocycles. The third-order valence-electron chi connectivity index (χ3n) is 3.09. The van der Waals surface area contributed by atoms with E-state index >= 15 is 0 Å². The van der Waals surface area contributed by atoms with Crippen LogP contribution in [0.5, 0.6) is 0 Å². The summed E-state index contributed by atoms with van der Waals surface area (Å²) in [7, 11) is 0. The molecule has 0 saturated carbocycles. The van der Waals surface area contributed by atoms with Crippen LogP contribution in [0.25, 0.3) is 0 Å². The van der Waals surface area contributed by atoms with E-state index in [0.717, 1.165) is 6.54 Å². The molecular formula is C11H25N3. The van der Waals surface area contributed by atoms with Crippen LogP contribution in [0.4, 0.5) is 0 Å². The molecule has 0 aromatic carbocycles. The van der Waals surface area contributed by atoms with E-state index in [0.29, 0.717) is 6.04 Å². The van der Waals surface area contributed by atoms with Gasteiger partial charge in [0.25, 0.3) is 0 Å². The molecule has 1 rings (SSSR count). The van der Waals surface area contributed by atoms with Crippen molar-refractivity contribution in [2.24, 2.45) is 5.84 Å². The van der Waals surface area contributed by atoms with Crippen molar-refractivity contribution in [2.75, 3.05) is 19.6 Å². The monoisotopic (exact) mass is 199 g/mol. The second kappa shape index (κ2) is 7.21. The summed E-state index contributed by atoms with van der Waals surface area (Å²) < 4.78 is 0. The molecule has 0 aliphatic carbocycles. The first kappa shape index (κ1) is 12.0. The molecule has 84 valence electrons. The smallest absolute Gasteiger partial charge is 0.0350 e. The van der Waals surface area contributed by atoms with Crippen LogP contribution >= 0.6 is 0 Å². The van der Waals surface area contributed by atoms with E-state index in [-0.39, 0.29) is 0 Å². The number of rotatable bonds is 7. The van der Waals surface area contributed by atoms with Gasteiger partial charge in [0.2, 0.25) is 0 Å². The molecular weight excluding hydrogens is 174 g/mol. The van der Waals surface area contributed by atoms with Crippen LogP contribution in [0.1, 0.15) is 45.4 Å². The molecule has 14 heavy (non-hydrogen) atoms. The fourth-order valence-electron chi connectivity index (χ4n) is 2.11. The van der Waals surface area contributed by atoms with Crippen molar-refractivity contribution < 1.29 is 0 Å². The van der Waals surface area contributed by atoms with Gasteiger partial charge in [0, 0.05) is 12.6 Å². The van der Waals surface area contributed by atoms with Gasteiger partial charge in [-0.2, -0.15) is 0 Å². The van der Waals surface area contributed by atoms with Gasteiger partial charge in [-0.05, 0) is 25.9 Å². The average Bonchev–Trinajstić information content (AvgIpc) is 2.65. The van der Waals surface area contributed by atoms with Gasteiger partial charge in [0.15, 0.2) is 0 Å². The maximum absolute atomic E-state index is 5.41. The number of hydrogen-bond donors (Lipinski definition) is 2. The molecule has 3 nitrogen and oxygen atoms in total. The maximum atomic E-state index is 5.41. The molecule has 1 fully saturated rings. The Morgan fingerprint density at radius 3 is 2.71 bits per heavy atom. The number of nitrogens with one attached hydrogen (secondary N) is 1. The highest BCUT2D eigenvalue weighted by atomic mass is 15.3. The summed E-state index contributed by atoms with van der Waals surface area (Å²) >= 11 is 0. The molecule has 0 aromatic rings. The zero-order valence-electron chi connectivity index (χ0n) is 9.47. The molecule has 1 atom stereocenters. The summed E-state index contributed by atoms with van der Waals surface area (Å²) in [5.41, 5.74) is 2.86. The second-order valence-electron chi connectivity index (χ2n) is 4.37. The van der Waals surface area contributed by atoms with Gasteiger partial charge in [0.1, 0.15) is 0 Å². The SMILES string of the molecule is CCCCCCCN1CC[C@H](NN)C1. The Hall–Kier alpha value is -0.120. The van der Waals surface area contributed by atoms with E-state index < -0.39 is 0 Å². The summed E-state index contributed by atoms with van der Waals surface area (Å²) in [4.78, 5) is 2.52. The van der Waals surface area contributed by atoms with E-state index in [1.807, 2.05) is 0 Å². The molecule has 0 amide bonds. The Kier molecular flexibility index (Phi) is 6.15. The van der Waals surface area contributed by atoms with Crippen molar-refractivity contribution >= 4 is 0 Å². The van der Waals surface area contributed by atoms with Crippen molar-refractivity contribution in [2.45, 2.75) is 51.5 Å². The lowest BCUT2D eigenvalue weighted by molar-refractivity contribution is 0.318. The maximum Gasteiger partial charge on any atom is 0.0350 e. The highest BCUT2D eigenvalue weighted by Crippen LogP contribution is 2.10. The van der Waals surface area contributed by atoms with Gasteiger partial charge in [-0.3, -0.25) is 11.3 Å². The Morgan fingerprint density at radius 1 is 1.29 bits per heavy atom. The zero-order chi connectivity index (χ0) is 10.2. The highest BCUT2D eigenvalue weighted by molar-refractivity contribution is 4.78. The van der Waals surface area contributed by atoms with Crippen LogP contribution in [0.15, 0.2) is 0 Å². The van der Waals surface area contributed by atoms with Crippen LogP contribution in [-0.4, -0.2) is 30.6 Å². The normalized spacial score (nSPS) is 23.1. The topological polar surface area (TPSA) is 41.3 Å². The Bertz CT molecular complexity index is 138. The van der Waals surface area contributed by atoms with Gasteiger partial charge in [-0.15, -0.1) is 0 Å². The first-order valence-corrected chi connectivity index (χ1v) is 6.05. The summed E-state index contributed by atoms with van der Waals surface area (Å²) in [5, 5.41) is 0. The van der Waals surface area contributed by atoms with E-state index in [1.54, 1.807) is 0 Å². The van der Waals surface area contributed by atoms with Crippen molar-refractivity contribution in [3.8, 4) is 0 Å². The number of nitrogens with two attached hydrogens (primary N) is 1. The quantitative estimate of drug-likeness (QED) is 0.371. The first-order chi connectivity index (χ1) is 6.86. The Morgan fingerprint density at radius 2 is 2.07 bits per heavy atom. The molecule has 0 radical (unpaired) electrons. The lowest BCUT2D eigenvalue weighted by Crippen LogP contribution is -2.37. The van der Waals surface area contributed by atoms with Gasteiger partial charge in [0.05, 0.1) is 0 Å². The predicted molar refractivity (Wildman–Crippen MR) is 60.9 cm³/mol. The summed E-state index contributed by atoms with van der Waals surface area (Å²) in [6, 6.07) is 0.533. The summed E-state index contributed by atoms with van der Waals surface area (Å²) in [6.45, 7) is 5.90. The fourth-order valence-corrected chi connectivity index (χ4v) is 2.11. The Balaban J connectivity index is 1.92. The number of nitrogens with zero attached hydrogens (tertiary/aromatic N) is 1. The molecule has 0 spiro atoms. The molecule has 3 N–H and O–H groups in total. The minimum Gasteiger partial charge on any atom is -0.302 e. The summed E-state index contributed by atoms with van der Waals surface area (Å²) in [5.74, 6) is 5.41. The molecule has 1 saturated heterocycles. The molecule has 0 unspecified atom stereocenters. The molecule has 1 aliphatic rings. The Labute approximate surface area is 88.0 Å². The van der Waals surface area contributed by atoms with Crippen molar-refractivity contribution in [3.63, 3.8) is 0 Å². The fraction of sp³-hybridized carbons (Fsp3) is 1.00. The van der Waals surface area contributed by atoms with E-state index in [4.69, 9.17) is 5.84 Å². The van der Waals surface area contributed by atoms with Crippen LogP contribution in [0.2, 0.25) is 0 Å². The molecule has 1 aliphatic heterocycles. The average molecular weight is 199 g/mol. The minimum absolute atomic E-state index is 0.533. The molecule has 0 bridgehead atoms. The second-order valence-corrected chi connectivity index (χ2v) is 4.37. The van der Waals surface area contributed by atoms with Crippen LogP contribution in [-0.2, 0) is 0 Å². The third kappa shape index (κ3) is 4.40. The number of likely N-dealkylation sites (tertiary alicyclic amines) is 1. The van der Waals surface area contributed by atoms with Gasteiger partial charge >= 0.3 is 0 Å². The van der Waals surface area contributed by atoms with E-state index in [9.17, 15) is 0 Å². The summed E-state index contributed by atoms with van der Waals surface area (Å²) in [6.07, 6.45) is 8.10. The van der Waals surface area contributed by atoms with Gasteiger partial charge < -0.3 is 4.90 Å². The van der Waals surface area contributed by atoms with Crippen LogP contribution in [0.3, 0.4) is 0 Å². The van der Waals surface area contributed by atoms with Gasteiger partial charge in [-0.25, -0.2) is 0 Å². The predicted octanol–water partition coefficient (Wildman–Crippen LogP) is 1.49. The number of hydrogen-bond acceptors (Lipinski definition) is 3. The third-order valence-corrected chi connectivity index (χ3v) is 3.09. The van der Waals surface area contributed by atoms with Crippen molar-refractivity contribution in [1.82, 2.24) is 10.3 Å².